The molecule has 1 aliphatic rings. The molecule has 0 aromatic heterocycles. The van der Waals surface area contributed by atoms with Crippen molar-refractivity contribution in [3.63, 3.8) is 0 Å². The summed E-state index contributed by atoms with van der Waals surface area (Å²) in [5.74, 6) is 0.511. The summed E-state index contributed by atoms with van der Waals surface area (Å²) >= 11 is 0. The van der Waals surface area contributed by atoms with E-state index < -0.39 is 0 Å². The van der Waals surface area contributed by atoms with Crippen molar-refractivity contribution in [2.75, 3.05) is 51.7 Å². The van der Waals surface area contributed by atoms with E-state index in [2.05, 4.69) is 9.80 Å². The minimum atomic E-state index is 0.174. The van der Waals surface area contributed by atoms with Crippen LogP contribution in [0.4, 0.5) is 5.69 Å². The van der Waals surface area contributed by atoms with E-state index in [1.807, 2.05) is 18.2 Å². The Morgan fingerprint density at radius 2 is 1.85 bits per heavy atom. The first-order valence-electron chi connectivity index (χ1n) is 7.03. The van der Waals surface area contributed by atoms with Crippen molar-refractivity contribution < 1.29 is 9.90 Å². The highest BCUT2D eigenvalue weighted by Crippen LogP contribution is 2.27. The van der Waals surface area contributed by atoms with Crippen molar-refractivity contribution in [3.05, 3.63) is 24.3 Å². The molecule has 110 valence electrons. The van der Waals surface area contributed by atoms with E-state index in [1.165, 1.54) is 0 Å². The average molecular weight is 277 g/mol. The van der Waals surface area contributed by atoms with E-state index in [-0.39, 0.29) is 5.91 Å². The van der Waals surface area contributed by atoms with Crippen molar-refractivity contribution in [2.24, 2.45) is 0 Å². The molecule has 0 atom stereocenters. The summed E-state index contributed by atoms with van der Waals surface area (Å²) in [5.41, 5.74) is 0.900. The number of carbonyl (C=O) groups excluding carboxylic acids is 1. The number of carbonyl (C=O) groups is 1. The molecule has 1 saturated heterocycles. The lowest BCUT2D eigenvalue weighted by molar-refractivity contribution is -0.129. The maximum Gasteiger partial charge on any atom is 0.223 e. The van der Waals surface area contributed by atoms with Gasteiger partial charge in [-0.25, -0.2) is 0 Å². The molecule has 0 bridgehead atoms. The third kappa shape index (κ3) is 3.63. The summed E-state index contributed by atoms with van der Waals surface area (Å²) in [7, 11) is 3.58. The maximum atomic E-state index is 11.6. The fraction of sp³-hybridized carbons (Fsp3) is 0.533. The molecule has 1 amide bonds. The van der Waals surface area contributed by atoms with E-state index in [0.717, 1.165) is 38.4 Å². The van der Waals surface area contributed by atoms with Gasteiger partial charge in [-0.15, -0.1) is 0 Å². The lowest BCUT2D eigenvalue weighted by atomic mass is 10.2. The summed E-state index contributed by atoms with van der Waals surface area (Å²) in [6.45, 7) is 4.43. The van der Waals surface area contributed by atoms with Gasteiger partial charge in [0.25, 0.3) is 0 Å². The van der Waals surface area contributed by atoms with Gasteiger partial charge in [0.05, 0.1) is 5.69 Å². The van der Waals surface area contributed by atoms with E-state index in [1.54, 1.807) is 25.1 Å². The molecule has 5 nitrogen and oxygen atoms in total. The lowest BCUT2D eigenvalue weighted by Crippen LogP contribution is -2.47. The number of phenols is 1. The van der Waals surface area contributed by atoms with Crippen LogP contribution in [-0.2, 0) is 4.79 Å². The Labute approximate surface area is 120 Å². The van der Waals surface area contributed by atoms with Gasteiger partial charge in [-0.1, -0.05) is 12.1 Å². The van der Waals surface area contributed by atoms with Crippen molar-refractivity contribution >= 4 is 11.6 Å². The third-order valence-corrected chi connectivity index (χ3v) is 3.74. The molecule has 0 spiro atoms. The van der Waals surface area contributed by atoms with E-state index >= 15 is 0 Å². The minimum absolute atomic E-state index is 0.174. The van der Waals surface area contributed by atoms with Crippen LogP contribution in [0, 0.1) is 0 Å². The molecule has 1 aromatic carbocycles. The van der Waals surface area contributed by atoms with Crippen LogP contribution in [-0.4, -0.2) is 67.6 Å². The summed E-state index contributed by atoms with van der Waals surface area (Å²) < 4.78 is 0. The summed E-state index contributed by atoms with van der Waals surface area (Å²) in [5, 5.41) is 9.86. The number of anilines is 1. The van der Waals surface area contributed by atoms with Gasteiger partial charge in [0, 0.05) is 53.2 Å². The molecule has 0 aliphatic carbocycles. The highest BCUT2D eigenvalue weighted by Gasteiger charge is 2.19. The standard InChI is InChI=1S/C15H23N3O2/c1-16(2)15(20)7-8-17-9-11-18(12-10-17)13-5-3-4-6-14(13)19/h3-6,19H,7-12H2,1-2H3. The predicted octanol–water partition coefficient (Wildman–Crippen LogP) is 0.992. The third-order valence-electron chi connectivity index (χ3n) is 3.74. The monoisotopic (exact) mass is 277 g/mol. The molecule has 2 rings (SSSR count). The van der Waals surface area contributed by atoms with Gasteiger partial charge in [-0.05, 0) is 12.1 Å². The lowest BCUT2D eigenvalue weighted by Gasteiger charge is -2.36. The Balaban J connectivity index is 1.81. The molecule has 1 aromatic rings. The van der Waals surface area contributed by atoms with Crippen LogP contribution in [0.25, 0.3) is 0 Å². The molecule has 1 aliphatic heterocycles. The van der Waals surface area contributed by atoms with Gasteiger partial charge in [0.2, 0.25) is 5.91 Å². The first-order valence-corrected chi connectivity index (χ1v) is 7.03. The molecule has 1 N–H and O–H groups in total. The fourth-order valence-corrected chi connectivity index (χ4v) is 2.42. The molecular formula is C15H23N3O2. The largest absolute Gasteiger partial charge is 0.506 e. The van der Waals surface area contributed by atoms with Crippen LogP contribution >= 0.6 is 0 Å². The Bertz CT molecular complexity index is 454. The zero-order valence-corrected chi connectivity index (χ0v) is 12.2. The number of rotatable bonds is 4. The van der Waals surface area contributed by atoms with E-state index in [0.29, 0.717) is 12.2 Å². The number of hydrogen-bond acceptors (Lipinski definition) is 4. The fourth-order valence-electron chi connectivity index (χ4n) is 2.42. The summed E-state index contributed by atoms with van der Waals surface area (Å²) in [4.78, 5) is 17.7. The number of benzene rings is 1. The number of hydrogen-bond donors (Lipinski definition) is 1. The van der Waals surface area contributed by atoms with Gasteiger partial charge >= 0.3 is 0 Å². The topological polar surface area (TPSA) is 47.0 Å². The first kappa shape index (κ1) is 14.7. The minimum Gasteiger partial charge on any atom is -0.506 e. The van der Waals surface area contributed by atoms with Crippen LogP contribution in [0.2, 0.25) is 0 Å². The SMILES string of the molecule is CN(C)C(=O)CCN1CCN(c2ccccc2O)CC1. The average Bonchev–Trinajstić information content (AvgIpc) is 2.46. The number of nitrogens with zero attached hydrogens (tertiary/aromatic N) is 3. The van der Waals surface area contributed by atoms with Gasteiger partial charge in [-0.2, -0.15) is 0 Å². The van der Waals surface area contributed by atoms with Crippen LogP contribution in [0.15, 0.2) is 24.3 Å². The van der Waals surface area contributed by atoms with Gasteiger partial charge in [-0.3, -0.25) is 9.69 Å². The zero-order valence-electron chi connectivity index (χ0n) is 12.2. The first-order chi connectivity index (χ1) is 9.58. The van der Waals surface area contributed by atoms with Gasteiger partial charge < -0.3 is 14.9 Å². The van der Waals surface area contributed by atoms with Crippen molar-refractivity contribution in [2.45, 2.75) is 6.42 Å². The molecule has 1 heterocycles. The second-order valence-electron chi connectivity index (χ2n) is 5.36. The second-order valence-corrected chi connectivity index (χ2v) is 5.36. The Kier molecular flexibility index (Phi) is 4.84. The number of phenolic OH excluding ortho intramolecular Hbond substituents is 1. The smallest absolute Gasteiger partial charge is 0.223 e. The molecular weight excluding hydrogens is 254 g/mol. The van der Waals surface area contributed by atoms with E-state index in [9.17, 15) is 9.90 Å². The van der Waals surface area contributed by atoms with Crippen molar-refractivity contribution in [3.8, 4) is 5.75 Å². The number of amides is 1. The Morgan fingerprint density at radius 1 is 1.20 bits per heavy atom. The molecule has 0 saturated carbocycles. The number of para-hydroxylation sites is 2. The molecule has 20 heavy (non-hydrogen) atoms. The quantitative estimate of drug-likeness (QED) is 0.891. The van der Waals surface area contributed by atoms with Crippen LogP contribution in [0.5, 0.6) is 5.75 Å². The highest BCUT2D eigenvalue weighted by molar-refractivity contribution is 5.75. The van der Waals surface area contributed by atoms with Crippen LogP contribution in [0.1, 0.15) is 6.42 Å². The molecule has 0 unspecified atom stereocenters. The molecule has 5 heteroatoms. The predicted molar refractivity (Wildman–Crippen MR) is 80.1 cm³/mol. The molecule has 1 fully saturated rings. The normalized spacial score (nSPS) is 16.2. The maximum absolute atomic E-state index is 11.6. The van der Waals surface area contributed by atoms with E-state index in [4.69, 9.17) is 0 Å². The second kappa shape index (κ2) is 6.61. The number of aromatic hydroxyl groups is 1. The van der Waals surface area contributed by atoms with Gasteiger partial charge in [0.15, 0.2) is 0 Å². The van der Waals surface area contributed by atoms with Crippen molar-refractivity contribution in [1.82, 2.24) is 9.80 Å². The van der Waals surface area contributed by atoms with Crippen LogP contribution < -0.4 is 4.90 Å². The zero-order chi connectivity index (χ0) is 14.5. The Morgan fingerprint density at radius 3 is 2.45 bits per heavy atom. The Hall–Kier alpha value is -1.75. The highest BCUT2D eigenvalue weighted by atomic mass is 16.3. The molecule has 0 radical (unpaired) electrons. The summed E-state index contributed by atoms with van der Waals surface area (Å²) in [6.07, 6.45) is 0.573. The van der Waals surface area contributed by atoms with Gasteiger partial charge in [0.1, 0.15) is 5.75 Å². The van der Waals surface area contributed by atoms with Crippen molar-refractivity contribution in [1.29, 1.82) is 0 Å². The summed E-state index contributed by atoms with van der Waals surface area (Å²) in [6, 6.07) is 7.44. The van der Waals surface area contributed by atoms with Crippen LogP contribution in [0.3, 0.4) is 0 Å². The number of piperazine rings is 1.